The minimum atomic E-state index is -0.730. The number of nitrogens with one attached hydrogen (secondary N) is 1. The van der Waals surface area contributed by atoms with Crippen LogP contribution in [0.4, 0.5) is 8.78 Å². The molecule has 1 unspecified atom stereocenters. The molecule has 0 radical (unpaired) electrons. The number of terminal acetylenes is 2. The Morgan fingerprint density at radius 1 is 1.16 bits per heavy atom. The van der Waals surface area contributed by atoms with E-state index in [1.165, 1.54) is 18.3 Å². The van der Waals surface area contributed by atoms with E-state index in [1.54, 1.807) is 6.20 Å². The van der Waals surface area contributed by atoms with Crippen molar-refractivity contribution in [2.45, 2.75) is 59.3 Å². The van der Waals surface area contributed by atoms with Gasteiger partial charge in [-0.25, -0.2) is 13.8 Å². The Kier molecular flexibility index (Phi) is 16.1. The quantitative estimate of drug-likeness (QED) is 0.431. The van der Waals surface area contributed by atoms with Gasteiger partial charge in [0.1, 0.15) is 17.3 Å². The van der Waals surface area contributed by atoms with Gasteiger partial charge in [-0.15, -0.1) is 25.7 Å². The first-order valence-electron chi connectivity index (χ1n) is 12.3. The Balaban J connectivity index is 0.00000153. The highest BCUT2D eigenvalue weighted by Gasteiger charge is 2.25. The van der Waals surface area contributed by atoms with Crippen molar-refractivity contribution < 1.29 is 13.6 Å². The number of amides is 1. The summed E-state index contributed by atoms with van der Waals surface area (Å²) in [6, 6.07) is 3.60. The molecule has 6 nitrogen and oxygen atoms in total. The zero-order valence-electron chi connectivity index (χ0n) is 22.7. The molecular formula is C30H39F2N5O. The molecule has 1 atom stereocenters. The number of halogens is 2. The molecule has 0 spiro atoms. The molecule has 0 saturated carbocycles. The summed E-state index contributed by atoms with van der Waals surface area (Å²) in [5.74, 6) is -1.17. The molecular weight excluding hydrogens is 484 g/mol. The van der Waals surface area contributed by atoms with Crippen LogP contribution in [0.3, 0.4) is 0 Å². The Hall–Kier alpha value is -4.17. The fourth-order valence-corrected chi connectivity index (χ4v) is 3.50. The predicted molar refractivity (Wildman–Crippen MR) is 151 cm³/mol. The Morgan fingerprint density at radius 3 is 2.29 bits per heavy atom. The average Bonchev–Trinajstić information content (AvgIpc) is 2.90. The molecule has 3 rings (SSSR count). The third-order valence-electron chi connectivity index (χ3n) is 5.04. The normalized spacial score (nSPS) is 14.6. The van der Waals surface area contributed by atoms with Gasteiger partial charge in [-0.3, -0.25) is 9.78 Å². The molecule has 2 aromatic rings. The van der Waals surface area contributed by atoms with Crippen molar-refractivity contribution in [3.8, 4) is 25.7 Å². The van der Waals surface area contributed by atoms with Crippen molar-refractivity contribution in [2.75, 3.05) is 6.54 Å². The highest BCUT2D eigenvalue weighted by Crippen LogP contribution is 2.35. The molecule has 1 heterocycles. The van der Waals surface area contributed by atoms with Gasteiger partial charge in [-0.2, -0.15) is 0 Å². The zero-order valence-corrected chi connectivity index (χ0v) is 22.7. The molecule has 5 N–H and O–H groups in total. The van der Waals surface area contributed by atoms with E-state index in [1.807, 2.05) is 6.92 Å². The number of hydrogen-bond donors (Lipinski definition) is 3. The summed E-state index contributed by atoms with van der Waals surface area (Å²) in [6.45, 7) is 9.01. The van der Waals surface area contributed by atoms with E-state index in [4.69, 9.17) is 11.5 Å². The molecule has 8 heteroatoms. The van der Waals surface area contributed by atoms with Gasteiger partial charge in [0.15, 0.2) is 0 Å². The number of carbonyl (C=O) groups excluding carboxylic acids is 1. The first-order valence-corrected chi connectivity index (χ1v) is 12.3. The zero-order chi connectivity index (χ0) is 29.3. The summed E-state index contributed by atoms with van der Waals surface area (Å²) in [4.78, 5) is 20.8. The van der Waals surface area contributed by atoms with Gasteiger partial charge in [-0.1, -0.05) is 33.8 Å². The highest BCUT2D eigenvalue weighted by molar-refractivity contribution is 5.91. The van der Waals surface area contributed by atoms with Crippen LogP contribution in [0.2, 0.25) is 0 Å². The van der Waals surface area contributed by atoms with Crippen molar-refractivity contribution in [3.63, 3.8) is 0 Å². The number of nitrogens with zero attached hydrogens (tertiary/aromatic N) is 2. The Bertz CT molecular complexity index is 1110. The minimum absolute atomic E-state index is 0.0250. The topological polar surface area (TPSA) is 107 Å². The van der Waals surface area contributed by atoms with E-state index in [0.29, 0.717) is 29.9 Å². The van der Waals surface area contributed by atoms with Gasteiger partial charge >= 0.3 is 0 Å². The van der Waals surface area contributed by atoms with Crippen molar-refractivity contribution in [1.29, 1.82) is 0 Å². The van der Waals surface area contributed by atoms with Crippen LogP contribution in [0, 0.1) is 43.2 Å². The number of rotatable bonds is 6. The van der Waals surface area contributed by atoms with Crippen LogP contribution in [-0.4, -0.2) is 22.4 Å². The monoisotopic (exact) mass is 523 g/mol. The van der Waals surface area contributed by atoms with Crippen LogP contribution in [0.5, 0.6) is 0 Å². The van der Waals surface area contributed by atoms with E-state index in [9.17, 15) is 13.6 Å². The van der Waals surface area contributed by atoms with Gasteiger partial charge in [0, 0.05) is 30.1 Å². The van der Waals surface area contributed by atoms with Crippen molar-refractivity contribution >= 4 is 11.6 Å². The van der Waals surface area contributed by atoms with E-state index >= 15 is 0 Å². The van der Waals surface area contributed by atoms with E-state index < -0.39 is 11.6 Å². The average molecular weight is 524 g/mol. The van der Waals surface area contributed by atoms with Gasteiger partial charge in [0.05, 0.1) is 17.5 Å². The maximum absolute atomic E-state index is 14.0. The lowest BCUT2D eigenvalue weighted by molar-refractivity contribution is 0.0948. The molecule has 0 aliphatic heterocycles. The molecule has 204 valence electrons. The number of carbonyl (C=O) groups is 1. The molecule has 1 aliphatic rings. The lowest BCUT2D eigenvalue weighted by atomic mass is 9.84. The highest BCUT2D eigenvalue weighted by atomic mass is 19.1. The van der Waals surface area contributed by atoms with Gasteiger partial charge in [-0.05, 0) is 55.4 Å². The number of allylic oxidation sites excluding steroid dienone is 3. The fraction of sp³-hybridized carbons (Fsp3) is 0.367. The standard InChI is InChI=1S/C22H25F2N5O.C4H10.2C2H2/c1-2-9-28-22(30)19-12-27-11-18(29-19)14-6-3-5-13(21(14)26)10-17(25)20-15(23)7-4-8-16(20)24;1-4(2)3;2*1-2/h4,7-8,10-12,14H,2-3,5-6,9,25-26H2,1H3,(H,28,30);4H,1-3H3;2*1-2H/b17-10-;;;. The Labute approximate surface area is 226 Å². The van der Waals surface area contributed by atoms with E-state index in [0.717, 1.165) is 37.3 Å². The maximum atomic E-state index is 14.0. The van der Waals surface area contributed by atoms with Crippen LogP contribution in [-0.2, 0) is 0 Å². The molecule has 1 aromatic heterocycles. The lowest BCUT2D eigenvalue weighted by Gasteiger charge is -2.25. The second-order valence-corrected chi connectivity index (χ2v) is 8.94. The molecule has 0 bridgehead atoms. The van der Waals surface area contributed by atoms with Crippen molar-refractivity contribution in [1.82, 2.24) is 15.3 Å². The van der Waals surface area contributed by atoms with Gasteiger partial charge in [0.2, 0.25) is 0 Å². The third kappa shape index (κ3) is 10.4. The first kappa shape index (κ1) is 33.8. The second kappa shape index (κ2) is 18.1. The van der Waals surface area contributed by atoms with Crippen LogP contribution in [0.1, 0.15) is 81.0 Å². The smallest absolute Gasteiger partial charge is 0.271 e. The number of nitrogens with two attached hydrogens (primary N) is 2. The molecule has 38 heavy (non-hydrogen) atoms. The molecule has 0 saturated heterocycles. The number of hydrogen-bond acceptors (Lipinski definition) is 5. The lowest BCUT2D eigenvalue weighted by Crippen LogP contribution is -2.26. The third-order valence-corrected chi connectivity index (χ3v) is 5.04. The largest absolute Gasteiger partial charge is 0.401 e. The first-order chi connectivity index (χ1) is 18.1. The van der Waals surface area contributed by atoms with Gasteiger partial charge in [0.25, 0.3) is 5.91 Å². The van der Waals surface area contributed by atoms with Crippen LogP contribution in [0.25, 0.3) is 5.70 Å². The van der Waals surface area contributed by atoms with Crippen molar-refractivity contribution in [3.05, 3.63) is 76.5 Å². The predicted octanol–water partition coefficient (Wildman–Crippen LogP) is 5.54. The second-order valence-electron chi connectivity index (χ2n) is 8.94. The number of aromatic nitrogens is 2. The van der Waals surface area contributed by atoms with Crippen LogP contribution >= 0.6 is 0 Å². The molecule has 0 fully saturated rings. The SMILES string of the molecule is C#C.C#C.CC(C)C.CCCNC(=O)c1cncc(C2CCCC(/C=C(\N)c3c(F)cccc3F)=C2N)n1. The van der Waals surface area contributed by atoms with Gasteiger partial charge < -0.3 is 16.8 Å². The van der Waals surface area contributed by atoms with Crippen LogP contribution < -0.4 is 16.8 Å². The molecule has 1 aliphatic carbocycles. The summed E-state index contributed by atoms with van der Waals surface area (Å²) in [7, 11) is 0. The maximum Gasteiger partial charge on any atom is 0.271 e. The van der Waals surface area contributed by atoms with E-state index in [-0.39, 0.29) is 28.8 Å². The van der Waals surface area contributed by atoms with E-state index in [2.05, 4.69) is 61.7 Å². The molecule has 1 amide bonds. The summed E-state index contributed by atoms with van der Waals surface area (Å²) in [5.41, 5.74) is 14.1. The van der Waals surface area contributed by atoms with Crippen LogP contribution in [0.15, 0.2) is 47.9 Å². The fourth-order valence-electron chi connectivity index (χ4n) is 3.50. The Morgan fingerprint density at radius 2 is 1.74 bits per heavy atom. The van der Waals surface area contributed by atoms with Crippen molar-refractivity contribution in [2.24, 2.45) is 17.4 Å². The summed E-state index contributed by atoms with van der Waals surface area (Å²) < 4.78 is 28.1. The summed E-state index contributed by atoms with van der Waals surface area (Å²) in [6.07, 6.45) is 23.5. The molecule has 1 aromatic carbocycles. The summed E-state index contributed by atoms with van der Waals surface area (Å²) in [5, 5.41) is 2.77. The summed E-state index contributed by atoms with van der Waals surface area (Å²) >= 11 is 0. The minimum Gasteiger partial charge on any atom is -0.401 e. The number of benzene rings is 1.